The van der Waals surface area contributed by atoms with E-state index < -0.39 is 0 Å². The number of hydrogen-bond acceptors (Lipinski definition) is 6. The zero-order valence-corrected chi connectivity index (χ0v) is 16.8. The van der Waals surface area contributed by atoms with E-state index in [2.05, 4.69) is 4.90 Å². The Bertz CT molecular complexity index is 922. The molecule has 0 aromatic heterocycles. The van der Waals surface area contributed by atoms with Gasteiger partial charge in [-0.25, -0.2) is 4.79 Å². The fraction of sp³-hybridized carbons (Fsp3) is 0.364. The monoisotopic (exact) mass is 395 g/mol. The summed E-state index contributed by atoms with van der Waals surface area (Å²) in [4.78, 5) is 30.8. The van der Waals surface area contributed by atoms with Gasteiger partial charge in [-0.15, -0.1) is 0 Å². The number of carbonyl (C=O) groups is 2. The van der Waals surface area contributed by atoms with Crippen LogP contribution < -0.4 is 19.3 Å². The minimum atomic E-state index is -0.336. The van der Waals surface area contributed by atoms with E-state index in [-0.39, 0.29) is 25.0 Å². The normalized spacial score (nSPS) is 16.3. The molecule has 0 spiro atoms. The molecule has 0 bridgehead atoms. The molecule has 2 aromatic rings. The van der Waals surface area contributed by atoms with Crippen LogP contribution in [0.2, 0.25) is 0 Å². The highest BCUT2D eigenvalue weighted by molar-refractivity contribution is 5.89. The lowest BCUT2D eigenvalue weighted by Gasteiger charge is -2.38. The molecule has 7 heteroatoms. The van der Waals surface area contributed by atoms with Gasteiger partial charge in [0.05, 0.1) is 25.0 Å². The Hall–Kier alpha value is -3.22. The number of carbonyl (C=O) groups excluding carboxylic acids is 2. The lowest BCUT2D eigenvalue weighted by atomic mass is 10.1. The zero-order valence-electron chi connectivity index (χ0n) is 16.8. The van der Waals surface area contributed by atoms with Crippen molar-refractivity contribution >= 4 is 23.3 Å². The first-order chi connectivity index (χ1) is 14.0. The topological polar surface area (TPSA) is 62.3 Å². The number of esters is 1. The summed E-state index contributed by atoms with van der Waals surface area (Å²) in [6.45, 7) is 4.95. The van der Waals surface area contributed by atoms with Crippen LogP contribution in [0.1, 0.15) is 5.56 Å². The molecule has 0 radical (unpaired) electrons. The van der Waals surface area contributed by atoms with Crippen LogP contribution in [0, 0.1) is 6.92 Å². The average molecular weight is 395 g/mol. The van der Waals surface area contributed by atoms with E-state index >= 15 is 0 Å². The van der Waals surface area contributed by atoms with Crippen LogP contribution in [-0.4, -0.2) is 63.2 Å². The van der Waals surface area contributed by atoms with Gasteiger partial charge in [0.25, 0.3) is 0 Å². The van der Waals surface area contributed by atoms with Crippen LogP contribution in [0.25, 0.3) is 0 Å². The summed E-state index contributed by atoms with van der Waals surface area (Å²) in [6.07, 6.45) is 0. The second kappa shape index (κ2) is 8.03. The van der Waals surface area contributed by atoms with E-state index in [1.54, 1.807) is 12.0 Å². The summed E-state index contributed by atoms with van der Waals surface area (Å²) < 4.78 is 10.8. The maximum atomic E-state index is 12.9. The van der Waals surface area contributed by atoms with Crippen LogP contribution in [0.15, 0.2) is 42.5 Å². The first-order valence-corrected chi connectivity index (χ1v) is 9.77. The fourth-order valence-corrected chi connectivity index (χ4v) is 3.85. The van der Waals surface area contributed by atoms with Crippen LogP contribution in [-0.2, 0) is 9.59 Å². The van der Waals surface area contributed by atoms with Crippen molar-refractivity contribution in [1.82, 2.24) is 4.90 Å². The Morgan fingerprint density at radius 3 is 2.59 bits per heavy atom. The molecule has 0 N–H and O–H groups in total. The molecule has 152 valence electrons. The Morgan fingerprint density at radius 1 is 1.07 bits per heavy atom. The molecule has 2 heterocycles. The van der Waals surface area contributed by atoms with Gasteiger partial charge in [-0.3, -0.25) is 4.79 Å². The summed E-state index contributed by atoms with van der Waals surface area (Å²) in [7, 11) is 1.67. The fourth-order valence-electron chi connectivity index (χ4n) is 3.85. The quantitative estimate of drug-likeness (QED) is 0.584. The van der Waals surface area contributed by atoms with Crippen LogP contribution in [0.4, 0.5) is 11.4 Å². The zero-order chi connectivity index (χ0) is 20.4. The van der Waals surface area contributed by atoms with E-state index in [4.69, 9.17) is 9.47 Å². The smallest absolute Gasteiger partial charge is 0.331 e. The number of amides is 1. The minimum absolute atomic E-state index is 0.0194. The Labute approximate surface area is 170 Å². The lowest BCUT2D eigenvalue weighted by Crippen LogP contribution is -2.52. The summed E-state index contributed by atoms with van der Waals surface area (Å²) >= 11 is 0. The summed E-state index contributed by atoms with van der Waals surface area (Å²) in [5.41, 5.74) is 2.85. The standard InChI is InChI=1S/C22H25N3O4/c1-16-7-8-18-20(13-16)29-22(27)15-25(18)14-21(26)24-11-9-23(10-12-24)17-5-3-4-6-19(17)28-2/h3-8,13H,9-12,14-15H2,1-2H3. The molecule has 0 saturated carbocycles. The second-order valence-corrected chi connectivity index (χ2v) is 7.34. The minimum Gasteiger partial charge on any atom is -0.495 e. The van der Waals surface area contributed by atoms with E-state index in [1.165, 1.54) is 0 Å². The molecule has 0 atom stereocenters. The second-order valence-electron chi connectivity index (χ2n) is 7.34. The number of nitrogens with zero attached hydrogens (tertiary/aromatic N) is 3. The molecule has 7 nitrogen and oxygen atoms in total. The van der Waals surface area contributed by atoms with E-state index in [1.807, 2.05) is 54.3 Å². The van der Waals surface area contributed by atoms with Crippen LogP contribution in [0.3, 0.4) is 0 Å². The Balaban J connectivity index is 1.40. The van der Waals surface area contributed by atoms with Gasteiger partial charge in [-0.1, -0.05) is 18.2 Å². The van der Waals surface area contributed by atoms with Crippen molar-refractivity contribution in [3.05, 3.63) is 48.0 Å². The van der Waals surface area contributed by atoms with E-state index in [0.29, 0.717) is 18.8 Å². The number of anilines is 2. The number of para-hydroxylation sites is 2. The molecule has 1 saturated heterocycles. The molecule has 2 aromatic carbocycles. The maximum Gasteiger partial charge on any atom is 0.331 e. The average Bonchev–Trinajstić information content (AvgIpc) is 2.73. The third-order valence-corrected chi connectivity index (χ3v) is 5.38. The Kier molecular flexibility index (Phi) is 5.29. The summed E-state index contributed by atoms with van der Waals surface area (Å²) in [5.74, 6) is 1.05. The van der Waals surface area contributed by atoms with Gasteiger partial charge >= 0.3 is 5.97 Å². The molecular weight excluding hydrogens is 370 g/mol. The first-order valence-electron chi connectivity index (χ1n) is 9.77. The molecule has 2 aliphatic heterocycles. The molecule has 29 heavy (non-hydrogen) atoms. The predicted molar refractivity (Wildman–Crippen MR) is 111 cm³/mol. The van der Waals surface area contributed by atoms with Gasteiger partial charge in [-0.2, -0.15) is 0 Å². The highest BCUT2D eigenvalue weighted by atomic mass is 16.5. The number of piperazine rings is 1. The van der Waals surface area contributed by atoms with E-state index in [0.717, 1.165) is 35.8 Å². The van der Waals surface area contributed by atoms with Gasteiger partial charge in [0, 0.05) is 26.2 Å². The third-order valence-electron chi connectivity index (χ3n) is 5.38. The Morgan fingerprint density at radius 2 is 1.83 bits per heavy atom. The summed E-state index contributed by atoms with van der Waals surface area (Å²) in [5, 5.41) is 0. The van der Waals surface area contributed by atoms with Gasteiger partial charge in [0.1, 0.15) is 12.3 Å². The third kappa shape index (κ3) is 3.99. The number of hydrogen-bond donors (Lipinski definition) is 0. The van der Waals surface area contributed by atoms with Gasteiger partial charge in [0.15, 0.2) is 5.75 Å². The summed E-state index contributed by atoms with van der Waals surface area (Å²) in [6, 6.07) is 13.6. The highest BCUT2D eigenvalue weighted by Gasteiger charge is 2.29. The van der Waals surface area contributed by atoms with Crippen molar-refractivity contribution in [2.24, 2.45) is 0 Å². The predicted octanol–water partition coefficient (Wildman–Crippen LogP) is 2.08. The number of aryl methyl sites for hydroxylation is 1. The van der Waals surface area contributed by atoms with Crippen molar-refractivity contribution in [3.63, 3.8) is 0 Å². The molecule has 1 fully saturated rings. The van der Waals surface area contributed by atoms with Crippen molar-refractivity contribution < 1.29 is 19.1 Å². The van der Waals surface area contributed by atoms with Crippen LogP contribution >= 0.6 is 0 Å². The van der Waals surface area contributed by atoms with Gasteiger partial charge < -0.3 is 24.2 Å². The molecule has 2 aliphatic rings. The van der Waals surface area contributed by atoms with Crippen molar-refractivity contribution in [2.75, 3.05) is 56.2 Å². The van der Waals surface area contributed by atoms with Gasteiger partial charge in [-0.05, 0) is 36.8 Å². The van der Waals surface area contributed by atoms with Crippen molar-refractivity contribution in [1.29, 1.82) is 0 Å². The molecule has 1 amide bonds. The van der Waals surface area contributed by atoms with Crippen molar-refractivity contribution in [2.45, 2.75) is 6.92 Å². The number of ether oxygens (including phenoxy) is 2. The molecular formula is C22H25N3O4. The van der Waals surface area contributed by atoms with Crippen LogP contribution in [0.5, 0.6) is 11.5 Å². The largest absolute Gasteiger partial charge is 0.495 e. The highest BCUT2D eigenvalue weighted by Crippen LogP contribution is 2.33. The maximum absolute atomic E-state index is 12.9. The number of methoxy groups -OCH3 is 1. The molecule has 4 rings (SSSR count). The number of rotatable bonds is 4. The van der Waals surface area contributed by atoms with Crippen molar-refractivity contribution in [3.8, 4) is 11.5 Å². The molecule has 0 aliphatic carbocycles. The molecule has 0 unspecified atom stereocenters. The SMILES string of the molecule is COc1ccccc1N1CCN(C(=O)CN2CC(=O)Oc3cc(C)ccc32)CC1. The van der Waals surface area contributed by atoms with E-state index in [9.17, 15) is 9.59 Å². The number of benzene rings is 2. The van der Waals surface area contributed by atoms with Gasteiger partial charge in [0.2, 0.25) is 5.91 Å². The lowest BCUT2D eigenvalue weighted by molar-refractivity contribution is -0.133. The number of fused-ring (bicyclic) bond motifs is 1. The first kappa shape index (κ1) is 19.1.